The quantitative estimate of drug-likeness (QED) is 0.914. The van der Waals surface area contributed by atoms with Crippen molar-refractivity contribution in [1.82, 2.24) is 0 Å². The predicted molar refractivity (Wildman–Crippen MR) is 80.4 cm³/mol. The van der Waals surface area contributed by atoms with Crippen LogP contribution in [0.1, 0.15) is 49.3 Å². The molecule has 2 N–H and O–H groups in total. The Hall–Kier alpha value is -0.860. The summed E-state index contributed by atoms with van der Waals surface area (Å²) in [5.41, 5.74) is 9.40. The molecule has 1 heterocycles. The largest absolute Gasteiger partial charge is 0.373 e. The highest BCUT2D eigenvalue weighted by Gasteiger charge is 2.53. The normalized spacial score (nSPS) is 36.9. The molecule has 20 heavy (non-hydrogen) atoms. The van der Waals surface area contributed by atoms with Crippen molar-refractivity contribution in [2.24, 2.45) is 23.5 Å². The van der Waals surface area contributed by atoms with E-state index in [1.54, 1.807) is 0 Å². The van der Waals surface area contributed by atoms with Crippen molar-refractivity contribution in [2.75, 3.05) is 6.61 Å². The Labute approximate surface area is 121 Å². The zero-order chi connectivity index (χ0) is 13.5. The van der Waals surface area contributed by atoms with Crippen molar-refractivity contribution in [2.45, 2.75) is 50.7 Å². The monoisotopic (exact) mass is 271 g/mol. The van der Waals surface area contributed by atoms with Crippen LogP contribution in [0.25, 0.3) is 0 Å². The summed E-state index contributed by atoms with van der Waals surface area (Å²) in [7, 11) is 0. The summed E-state index contributed by atoms with van der Waals surface area (Å²) in [5, 5.41) is 0. The van der Waals surface area contributed by atoms with E-state index in [1.165, 1.54) is 36.8 Å². The van der Waals surface area contributed by atoms with Gasteiger partial charge in [0.15, 0.2) is 0 Å². The van der Waals surface area contributed by atoms with E-state index in [0.29, 0.717) is 6.04 Å². The van der Waals surface area contributed by atoms with Crippen LogP contribution < -0.4 is 5.73 Å². The van der Waals surface area contributed by atoms with Gasteiger partial charge in [0, 0.05) is 6.04 Å². The molecule has 3 aliphatic rings. The fourth-order valence-electron chi connectivity index (χ4n) is 4.76. The van der Waals surface area contributed by atoms with Crippen molar-refractivity contribution >= 4 is 0 Å². The number of rotatable bonds is 3. The molecule has 4 unspecified atom stereocenters. The van der Waals surface area contributed by atoms with Gasteiger partial charge in [-0.3, -0.25) is 0 Å². The average molecular weight is 271 g/mol. The van der Waals surface area contributed by atoms with Crippen LogP contribution in [-0.4, -0.2) is 12.6 Å². The van der Waals surface area contributed by atoms with Crippen LogP contribution in [0.4, 0.5) is 0 Å². The lowest BCUT2D eigenvalue weighted by molar-refractivity contribution is 0.0301. The van der Waals surface area contributed by atoms with Crippen molar-refractivity contribution < 1.29 is 4.74 Å². The van der Waals surface area contributed by atoms with Crippen LogP contribution in [0.3, 0.4) is 0 Å². The molecule has 1 aromatic rings. The number of hydrogen-bond acceptors (Lipinski definition) is 2. The third-order valence-electron chi connectivity index (χ3n) is 5.80. The molecule has 0 radical (unpaired) electrons. The molecule has 0 bridgehead atoms. The molecule has 4 rings (SSSR count). The second-order valence-electron chi connectivity index (χ2n) is 6.90. The number of hydrogen-bond donors (Lipinski definition) is 1. The smallest absolute Gasteiger partial charge is 0.0842 e. The van der Waals surface area contributed by atoms with Crippen LogP contribution in [0.15, 0.2) is 24.3 Å². The third-order valence-corrected chi connectivity index (χ3v) is 5.80. The van der Waals surface area contributed by atoms with Crippen molar-refractivity contribution in [3.05, 3.63) is 35.4 Å². The Kier molecular flexibility index (Phi) is 3.31. The molecule has 2 nitrogen and oxygen atoms in total. The van der Waals surface area contributed by atoms with Crippen molar-refractivity contribution in [1.29, 1.82) is 0 Å². The Morgan fingerprint density at radius 1 is 1.15 bits per heavy atom. The van der Waals surface area contributed by atoms with Gasteiger partial charge in [-0.1, -0.05) is 37.1 Å². The van der Waals surface area contributed by atoms with E-state index in [0.717, 1.165) is 37.2 Å². The van der Waals surface area contributed by atoms with E-state index < -0.39 is 0 Å². The van der Waals surface area contributed by atoms with Crippen molar-refractivity contribution in [3.8, 4) is 0 Å². The molecule has 0 spiro atoms. The molecule has 2 fully saturated rings. The molecule has 4 atom stereocenters. The standard InChI is InChI=1S/C18H25NO/c19-16(18-14-7-3-4-8-15(14)18)11-17-13-6-2-1-5-12(13)9-10-20-17/h1-2,5-6,14-18H,3-4,7-11,19H2. The summed E-state index contributed by atoms with van der Waals surface area (Å²) in [6, 6.07) is 9.07. The first kappa shape index (κ1) is 12.8. The van der Waals surface area contributed by atoms with E-state index in [1.807, 2.05) is 0 Å². The first-order valence-electron chi connectivity index (χ1n) is 8.29. The number of fused-ring (bicyclic) bond motifs is 2. The van der Waals surface area contributed by atoms with Gasteiger partial charge >= 0.3 is 0 Å². The van der Waals surface area contributed by atoms with Gasteiger partial charge in [0.2, 0.25) is 0 Å². The molecular weight excluding hydrogens is 246 g/mol. The molecule has 2 heteroatoms. The minimum atomic E-state index is 0.234. The average Bonchev–Trinajstić information content (AvgIpc) is 3.22. The first-order chi connectivity index (χ1) is 9.84. The molecule has 108 valence electrons. The second-order valence-corrected chi connectivity index (χ2v) is 6.90. The summed E-state index contributed by atoms with van der Waals surface area (Å²) < 4.78 is 6.03. The Morgan fingerprint density at radius 3 is 2.70 bits per heavy atom. The molecule has 1 aromatic carbocycles. The highest BCUT2D eigenvalue weighted by Crippen LogP contribution is 2.57. The Morgan fingerprint density at radius 2 is 1.90 bits per heavy atom. The van der Waals surface area contributed by atoms with Gasteiger partial charge in [-0.2, -0.15) is 0 Å². The summed E-state index contributed by atoms with van der Waals surface area (Å²) >= 11 is 0. The molecular formula is C18H25NO. The van der Waals surface area contributed by atoms with Gasteiger partial charge in [0.05, 0.1) is 12.7 Å². The number of nitrogens with two attached hydrogens (primary N) is 1. The van der Waals surface area contributed by atoms with Gasteiger partial charge < -0.3 is 10.5 Å². The molecule has 0 amide bonds. The van der Waals surface area contributed by atoms with Crippen LogP contribution in [-0.2, 0) is 11.2 Å². The lowest BCUT2D eigenvalue weighted by Crippen LogP contribution is -2.29. The van der Waals surface area contributed by atoms with E-state index >= 15 is 0 Å². The van der Waals surface area contributed by atoms with Crippen LogP contribution in [0.2, 0.25) is 0 Å². The highest BCUT2D eigenvalue weighted by molar-refractivity contribution is 5.31. The van der Waals surface area contributed by atoms with E-state index in [4.69, 9.17) is 10.5 Å². The van der Waals surface area contributed by atoms with E-state index in [2.05, 4.69) is 24.3 Å². The Bertz CT molecular complexity index is 474. The minimum Gasteiger partial charge on any atom is -0.373 e. The molecule has 2 saturated carbocycles. The zero-order valence-electron chi connectivity index (χ0n) is 12.1. The molecule has 1 aliphatic heterocycles. The summed E-state index contributed by atoms with van der Waals surface area (Å²) in [5.74, 6) is 2.67. The van der Waals surface area contributed by atoms with Gasteiger partial charge in [0.25, 0.3) is 0 Å². The van der Waals surface area contributed by atoms with Crippen LogP contribution >= 0.6 is 0 Å². The van der Waals surface area contributed by atoms with Gasteiger partial charge in [0.1, 0.15) is 0 Å². The third kappa shape index (κ3) is 2.19. The van der Waals surface area contributed by atoms with E-state index in [9.17, 15) is 0 Å². The lowest BCUT2D eigenvalue weighted by atomic mass is 9.92. The van der Waals surface area contributed by atoms with Crippen LogP contribution in [0.5, 0.6) is 0 Å². The molecule has 0 saturated heterocycles. The summed E-state index contributed by atoms with van der Waals surface area (Å²) in [6.45, 7) is 0.853. The molecule has 0 aromatic heterocycles. The fraction of sp³-hybridized carbons (Fsp3) is 0.667. The fourth-order valence-corrected chi connectivity index (χ4v) is 4.76. The van der Waals surface area contributed by atoms with Crippen LogP contribution in [0, 0.1) is 17.8 Å². The van der Waals surface area contributed by atoms with E-state index in [-0.39, 0.29) is 6.10 Å². The maximum absolute atomic E-state index is 6.55. The maximum Gasteiger partial charge on any atom is 0.0842 e. The first-order valence-corrected chi connectivity index (χ1v) is 8.29. The van der Waals surface area contributed by atoms with Gasteiger partial charge in [-0.05, 0) is 54.6 Å². The van der Waals surface area contributed by atoms with Gasteiger partial charge in [-0.25, -0.2) is 0 Å². The second kappa shape index (κ2) is 5.16. The SMILES string of the molecule is NC(CC1OCCc2ccccc21)C1C2CCCCC21. The maximum atomic E-state index is 6.55. The summed E-state index contributed by atoms with van der Waals surface area (Å²) in [6.07, 6.45) is 7.99. The molecule has 2 aliphatic carbocycles. The van der Waals surface area contributed by atoms with Crippen molar-refractivity contribution in [3.63, 3.8) is 0 Å². The minimum absolute atomic E-state index is 0.234. The topological polar surface area (TPSA) is 35.2 Å². The predicted octanol–water partition coefficient (Wildman–Crippen LogP) is 3.45. The zero-order valence-corrected chi connectivity index (χ0v) is 12.1. The summed E-state index contributed by atoms with van der Waals surface area (Å²) in [4.78, 5) is 0. The van der Waals surface area contributed by atoms with Gasteiger partial charge in [-0.15, -0.1) is 0 Å². The highest BCUT2D eigenvalue weighted by atomic mass is 16.5. The number of benzene rings is 1. The lowest BCUT2D eigenvalue weighted by Gasteiger charge is -2.28. The number of ether oxygens (including phenoxy) is 1. The Balaban J connectivity index is 1.45.